The zero-order chi connectivity index (χ0) is 12.8. The Morgan fingerprint density at radius 2 is 2.44 bits per heavy atom. The molecule has 1 aliphatic heterocycles. The Bertz CT molecular complexity index is 405. The highest BCUT2D eigenvalue weighted by Crippen LogP contribution is 2.06. The predicted molar refractivity (Wildman–Crippen MR) is 67.5 cm³/mol. The van der Waals surface area contributed by atoms with E-state index < -0.39 is 0 Å². The van der Waals surface area contributed by atoms with Crippen LogP contribution in [0.2, 0.25) is 0 Å². The molecule has 0 spiro atoms. The van der Waals surface area contributed by atoms with Crippen molar-refractivity contribution >= 4 is 11.7 Å². The molecule has 0 aromatic carbocycles. The van der Waals surface area contributed by atoms with Crippen LogP contribution in [0, 0.1) is 0 Å². The van der Waals surface area contributed by atoms with E-state index in [0.29, 0.717) is 24.7 Å². The van der Waals surface area contributed by atoms with E-state index >= 15 is 0 Å². The molecule has 1 aromatic heterocycles. The van der Waals surface area contributed by atoms with Crippen LogP contribution < -0.4 is 10.6 Å². The number of amides is 1. The van der Waals surface area contributed by atoms with Crippen LogP contribution >= 0.6 is 0 Å². The summed E-state index contributed by atoms with van der Waals surface area (Å²) in [5.41, 5.74) is 0.336. The van der Waals surface area contributed by atoms with Crippen molar-refractivity contribution in [1.82, 2.24) is 15.3 Å². The van der Waals surface area contributed by atoms with E-state index in [1.807, 2.05) is 0 Å². The molecule has 2 heterocycles. The Kier molecular flexibility index (Phi) is 4.46. The van der Waals surface area contributed by atoms with Crippen molar-refractivity contribution in [3.63, 3.8) is 0 Å². The van der Waals surface area contributed by atoms with E-state index in [9.17, 15) is 4.79 Å². The Morgan fingerprint density at radius 1 is 1.56 bits per heavy atom. The number of anilines is 1. The molecule has 6 heteroatoms. The molecule has 1 aliphatic rings. The largest absolute Gasteiger partial charge is 0.379 e. The van der Waals surface area contributed by atoms with Crippen molar-refractivity contribution in [2.45, 2.75) is 25.8 Å². The molecule has 18 heavy (non-hydrogen) atoms. The topological polar surface area (TPSA) is 76.1 Å². The lowest BCUT2D eigenvalue weighted by atomic mass is 10.2. The third-order valence-electron chi connectivity index (χ3n) is 2.69. The summed E-state index contributed by atoms with van der Waals surface area (Å²) in [6.07, 6.45) is 4.94. The van der Waals surface area contributed by atoms with E-state index in [2.05, 4.69) is 27.5 Å². The maximum Gasteiger partial charge on any atom is 0.271 e. The van der Waals surface area contributed by atoms with Crippen molar-refractivity contribution in [2.24, 2.45) is 0 Å². The summed E-state index contributed by atoms with van der Waals surface area (Å²) in [6.45, 7) is 4.16. The summed E-state index contributed by atoms with van der Waals surface area (Å²) in [5.74, 6) is 0.435. The highest BCUT2D eigenvalue weighted by atomic mass is 16.5. The molecule has 98 valence electrons. The van der Waals surface area contributed by atoms with Crippen LogP contribution in [-0.4, -0.2) is 41.7 Å². The number of hydrogen-bond acceptors (Lipinski definition) is 5. The number of carbonyl (C=O) groups excluding carboxylic acids is 1. The standard InChI is InChI=1S/C12H18N4O2/c1-2-4-14-11-7-13-6-10(16-11)12(17)15-9-3-5-18-8-9/h6-7,9H,2-5,8H2,1H3,(H,14,16)(H,15,17). The molecule has 0 aliphatic carbocycles. The fourth-order valence-corrected chi connectivity index (χ4v) is 1.72. The van der Waals surface area contributed by atoms with Crippen molar-refractivity contribution in [1.29, 1.82) is 0 Å². The molecule has 1 amide bonds. The number of ether oxygens (including phenoxy) is 1. The van der Waals surface area contributed by atoms with Gasteiger partial charge in [-0.25, -0.2) is 4.98 Å². The number of hydrogen-bond donors (Lipinski definition) is 2. The molecule has 0 radical (unpaired) electrons. The average molecular weight is 250 g/mol. The van der Waals surface area contributed by atoms with E-state index in [4.69, 9.17) is 4.74 Å². The molecule has 0 saturated carbocycles. The number of nitrogens with one attached hydrogen (secondary N) is 2. The van der Waals surface area contributed by atoms with Gasteiger partial charge in [0, 0.05) is 13.2 Å². The van der Waals surface area contributed by atoms with Gasteiger partial charge in [-0.15, -0.1) is 0 Å². The lowest BCUT2D eigenvalue weighted by Crippen LogP contribution is -2.35. The molecule has 6 nitrogen and oxygen atoms in total. The Hall–Kier alpha value is -1.69. The summed E-state index contributed by atoms with van der Waals surface area (Å²) in [4.78, 5) is 20.2. The first kappa shape index (κ1) is 12.8. The van der Waals surface area contributed by atoms with Gasteiger partial charge in [-0.1, -0.05) is 6.92 Å². The van der Waals surface area contributed by atoms with Crippen LogP contribution in [0.5, 0.6) is 0 Å². The summed E-state index contributed by atoms with van der Waals surface area (Å²) >= 11 is 0. The first-order valence-corrected chi connectivity index (χ1v) is 6.24. The molecule has 1 fully saturated rings. The van der Waals surface area contributed by atoms with Gasteiger partial charge in [-0.2, -0.15) is 0 Å². The monoisotopic (exact) mass is 250 g/mol. The maximum absolute atomic E-state index is 11.9. The Balaban J connectivity index is 1.96. The molecule has 1 unspecified atom stereocenters. The van der Waals surface area contributed by atoms with Gasteiger partial charge in [0.1, 0.15) is 11.5 Å². The van der Waals surface area contributed by atoms with Gasteiger partial charge in [-0.05, 0) is 12.8 Å². The molecule has 0 bridgehead atoms. The first-order valence-electron chi connectivity index (χ1n) is 6.24. The van der Waals surface area contributed by atoms with Crippen LogP contribution in [0.1, 0.15) is 30.3 Å². The first-order chi connectivity index (χ1) is 8.79. The molecular formula is C12H18N4O2. The van der Waals surface area contributed by atoms with Gasteiger partial charge in [0.05, 0.1) is 25.0 Å². The summed E-state index contributed by atoms with van der Waals surface area (Å²) in [6, 6.07) is 0.0894. The smallest absolute Gasteiger partial charge is 0.271 e. The highest BCUT2D eigenvalue weighted by molar-refractivity contribution is 5.92. The van der Waals surface area contributed by atoms with Gasteiger partial charge < -0.3 is 15.4 Å². The maximum atomic E-state index is 11.9. The van der Waals surface area contributed by atoms with E-state index in [-0.39, 0.29) is 11.9 Å². The predicted octanol–water partition coefficient (Wildman–Crippen LogP) is 0.817. The van der Waals surface area contributed by atoms with Gasteiger partial charge in [0.2, 0.25) is 0 Å². The summed E-state index contributed by atoms with van der Waals surface area (Å²) in [5, 5.41) is 5.99. The summed E-state index contributed by atoms with van der Waals surface area (Å²) in [7, 11) is 0. The summed E-state index contributed by atoms with van der Waals surface area (Å²) < 4.78 is 5.21. The van der Waals surface area contributed by atoms with Gasteiger partial charge in [0.15, 0.2) is 0 Å². The average Bonchev–Trinajstić information content (AvgIpc) is 2.89. The molecule has 1 saturated heterocycles. The Morgan fingerprint density at radius 3 is 3.17 bits per heavy atom. The molecule has 1 aromatic rings. The zero-order valence-corrected chi connectivity index (χ0v) is 10.5. The number of aromatic nitrogens is 2. The minimum Gasteiger partial charge on any atom is -0.379 e. The molecular weight excluding hydrogens is 232 g/mol. The Labute approximate surface area is 106 Å². The quantitative estimate of drug-likeness (QED) is 0.809. The SMILES string of the molecule is CCCNc1cncc(C(=O)NC2CCOC2)n1. The lowest BCUT2D eigenvalue weighted by Gasteiger charge is -2.10. The van der Waals surface area contributed by atoms with E-state index in [0.717, 1.165) is 19.4 Å². The highest BCUT2D eigenvalue weighted by Gasteiger charge is 2.19. The van der Waals surface area contributed by atoms with E-state index in [1.54, 1.807) is 6.20 Å². The second-order valence-electron chi connectivity index (χ2n) is 4.25. The minimum atomic E-state index is -0.196. The minimum absolute atomic E-state index is 0.0894. The lowest BCUT2D eigenvalue weighted by molar-refractivity contribution is 0.0924. The third kappa shape index (κ3) is 3.40. The van der Waals surface area contributed by atoms with Crippen molar-refractivity contribution in [3.05, 3.63) is 18.1 Å². The van der Waals surface area contributed by atoms with E-state index in [1.165, 1.54) is 6.20 Å². The molecule has 2 rings (SSSR count). The molecule has 1 atom stereocenters. The number of nitrogens with zero attached hydrogens (tertiary/aromatic N) is 2. The van der Waals surface area contributed by atoms with Crippen LogP contribution in [0.3, 0.4) is 0 Å². The number of carbonyl (C=O) groups is 1. The van der Waals surface area contributed by atoms with Crippen LogP contribution in [0.15, 0.2) is 12.4 Å². The fourth-order valence-electron chi connectivity index (χ4n) is 1.72. The second-order valence-corrected chi connectivity index (χ2v) is 4.25. The van der Waals surface area contributed by atoms with Gasteiger partial charge in [-0.3, -0.25) is 9.78 Å². The molecule has 2 N–H and O–H groups in total. The number of rotatable bonds is 5. The second kappa shape index (κ2) is 6.30. The fraction of sp³-hybridized carbons (Fsp3) is 0.583. The van der Waals surface area contributed by atoms with Crippen molar-refractivity contribution in [3.8, 4) is 0 Å². The van der Waals surface area contributed by atoms with Gasteiger partial charge in [0.25, 0.3) is 5.91 Å². The van der Waals surface area contributed by atoms with Crippen LogP contribution in [0.25, 0.3) is 0 Å². The van der Waals surface area contributed by atoms with Gasteiger partial charge >= 0.3 is 0 Å². The van der Waals surface area contributed by atoms with Crippen molar-refractivity contribution < 1.29 is 9.53 Å². The zero-order valence-electron chi connectivity index (χ0n) is 10.5. The van der Waals surface area contributed by atoms with Crippen molar-refractivity contribution in [2.75, 3.05) is 25.1 Å². The third-order valence-corrected chi connectivity index (χ3v) is 2.69. The normalized spacial score (nSPS) is 18.6. The van der Waals surface area contributed by atoms with Crippen LogP contribution in [-0.2, 0) is 4.74 Å². The van der Waals surface area contributed by atoms with Crippen LogP contribution in [0.4, 0.5) is 5.82 Å².